The average molecular weight is 517 g/mol. The first-order chi connectivity index (χ1) is 17.0. The Balaban J connectivity index is 1.98. The Morgan fingerprint density at radius 1 is 0.972 bits per heavy atom. The fourth-order valence-corrected chi connectivity index (χ4v) is 8.50. The lowest BCUT2D eigenvalue weighted by Crippen LogP contribution is -2.50. The van der Waals surface area contributed by atoms with Crippen molar-refractivity contribution in [3.8, 4) is 0 Å². The highest BCUT2D eigenvalue weighted by Crippen LogP contribution is 2.55. The SMILES string of the molecule is CCCCCCCCCCCCSC(C)C(=O)C(C1C(C)=CCCC1(C)C)C1C(C)C=CCC1(C)C. The molecule has 5 atom stereocenters. The van der Waals surface area contributed by atoms with Gasteiger partial charge in [0.05, 0.1) is 5.25 Å². The lowest BCUT2D eigenvalue weighted by molar-refractivity contribution is -0.131. The van der Waals surface area contributed by atoms with Crippen molar-refractivity contribution in [1.29, 1.82) is 0 Å². The van der Waals surface area contributed by atoms with Gasteiger partial charge in [0, 0.05) is 5.92 Å². The molecule has 2 rings (SSSR count). The fourth-order valence-electron chi connectivity index (χ4n) is 7.46. The highest BCUT2D eigenvalue weighted by molar-refractivity contribution is 8.00. The van der Waals surface area contributed by atoms with Crippen molar-refractivity contribution in [2.45, 2.75) is 144 Å². The Morgan fingerprint density at radius 3 is 2.11 bits per heavy atom. The summed E-state index contributed by atoms with van der Waals surface area (Å²) in [5, 5.41) is 0.0907. The molecule has 208 valence electrons. The molecule has 0 radical (unpaired) electrons. The molecule has 0 aromatic heterocycles. The van der Waals surface area contributed by atoms with E-state index in [1.807, 2.05) is 11.8 Å². The third-order valence-corrected chi connectivity index (χ3v) is 10.7. The quantitative estimate of drug-likeness (QED) is 0.150. The Bertz CT molecular complexity index is 715. The number of Topliss-reactive ketones (excluding diaryl/α,β-unsaturated/α-hetero) is 1. The van der Waals surface area contributed by atoms with E-state index in [0.29, 0.717) is 23.5 Å². The summed E-state index contributed by atoms with van der Waals surface area (Å²) in [4.78, 5) is 14.3. The zero-order valence-electron chi connectivity index (χ0n) is 25.3. The van der Waals surface area contributed by atoms with Crippen molar-refractivity contribution in [2.24, 2.45) is 34.5 Å². The highest BCUT2D eigenvalue weighted by atomic mass is 32.2. The third-order valence-electron chi connectivity index (χ3n) is 9.48. The summed E-state index contributed by atoms with van der Waals surface area (Å²) < 4.78 is 0. The van der Waals surface area contributed by atoms with Crippen molar-refractivity contribution in [3.05, 3.63) is 23.8 Å². The maximum absolute atomic E-state index is 14.3. The maximum atomic E-state index is 14.3. The van der Waals surface area contributed by atoms with Gasteiger partial charge in [-0.1, -0.05) is 123 Å². The van der Waals surface area contributed by atoms with E-state index in [1.54, 1.807) is 0 Å². The Morgan fingerprint density at radius 2 is 1.56 bits per heavy atom. The second kappa shape index (κ2) is 15.2. The molecule has 0 aromatic carbocycles. The van der Waals surface area contributed by atoms with Crippen molar-refractivity contribution in [2.75, 3.05) is 5.75 Å². The molecule has 5 unspecified atom stereocenters. The number of thioether (sulfide) groups is 1. The number of carbonyl (C=O) groups excluding carboxylic acids is 1. The minimum absolute atomic E-state index is 0.0907. The monoisotopic (exact) mass is 516 g/mol. The summed E-state index contributed by atoms with van der Waals surface area (Å²) in [6, 6.07) is 0. The van der Waals surface area contributed by atoms with Crippen LogP contribution in [-0.4, -0.2) is 16.8 Å². The summed E-state index contributed by atoms with van der Waals surface area (Å²) >= 11 is 1.93. The first-order valence-corrected chi connectivity index (χ1v) is 16.6. The van der Waals surface area contributed by atoms with E-state index in [4.69, 9.17) is 0 Å². The van der Waals surface area contributed by atoms with Crippen LogP contribution in [0, 0.1) is 34.5 Å². The number of ketones is 1. The van der Waals surface area contributed by atoms with Gasteiger partial charge in [-0.15, -0.1) is 0 Å². The molecule has 2 aliphatic carbocycles. The van der Waals surface area contributed by atoms with E-state index in [2.05, 4.69) is 73.6 Å². The molecule has 0 N–H and O–H groups in total. The van der Waals surface area contributed by atoms with Crippen LogP contribution in [0.2, 0.25) is 0 Å². The zero-order valence-corrected chi connectivity index (χ0v) is 26.2. The van der Waals surface area contributed by atoms with Crippen molar-refractivity contribution in [3.63, 3.8) is 0 Å². The number of carbonyl (C=O) groups is 1. The van der Waals surface area contributed by atoms with Crippen molar-refractivity contribution in [1.82, 2.24) is 0 Å². The second-order valence-corrected chi connectivity index (χ2v) is 15.0. The van der Waals surface area contributed by atoms with Gasteiger partial charge in [0.1, 0.15) is 5.78 Å². The van der Waals surface area contributed by atoms with Crippen LogP contribution in [0.15, 0.2) is 23.8 Å². The largest absolute Gasteiger partial charge is 0.298 e. The minimum Gasteiger partial charge on any atom is -0.298 e. The van der Waals surface area contributed by atoms with E-state index in [0.717, 1.165) is 18.6 Å². The topological polar surface area (TPSA) is 17.1 Å². The van der Waals surface area contributed by atoms with Crippen molar-refractivity contribution < 1.29 is 4.79 Å². The number of unbranched alkanes of at least 4 members (excludes halogenated alkanes) is 9. The van der Waals surface area contributed by atoms with Crippen LogP contribution in [0.4, 0.5) is 0 Å². The maximum Gasteiger partial charge on any atom is 0.149 e. The molecular weight excluding hydrogens is 456 g/mol. The van der Waals surface area contributed by atoms with Gasteiger partial charge in [0.15, 0.2) is 0 Å². The molecule has 0 bridgehead atoms. The summed E-state index contributed by atoms with van der Waals surface area (Å²) in [5.41, 5.74) is 1.80. The molecule has 0 fully saturated rings. The summed E-state index contributed by atoms with van der Waals surface area (Å²) in [6.45, 7) is 18.8. The standard InChI is InChI=1S/C34H60OS/c1-9-10-11-12-13-14-15-16-17-18-25-36-28(4)32(35)29(30-26(2)21-19-23-33(30,5)6)31-27(3)22-20-24-34(31,7)8/h19,21-22,26,28-31H,9-18,20,23-25H2,1-8H3. The molecule has 0 aliphatic heterocycles. The molecule has 2 heteroatoms. The molecule has 0 heterocycles. The van der Waals surface area contributed by atoms with E-state index in [9.17, 15) is 4.79 Å². The average Bonchev–Trinajstić information content (AvgIpc) is 2.79. The van der Waals surface area contributed by atoms with Crippen LogP contribution in [0.3, 0.4) is 0 Å². The Labute approximate surface area is 230 Å². The molecule has 0 saturated heterocycles. The molecule has 36 heavy (non-hydrogen) atoms. The van der Waals surface area contributed by atoms with Crippen LogP contribution in [0.5, 0.6) is 0 Å². The normalized spacial score (nSPS) is 26.9. The predicted octanol–water partition coefficient (Wildman–Crippen LogP) is 10.8. The van der Waals surface area contributed by atoms with Gasteiger partial charge < -0.3 is 0 Å². The number of hydrogen-bond donors (Lipinski definition) is 0. The minimum atomic E-state index is 0.0907. The fraction of sp³-hybridized carbons (Fsp3) is 0.853. The molecule has 2 aliphatic rings. The number of allylic oxidation sites excluding steroid dienone is 4. The lowest BCUT2D eigenvalue weighted by atomic mass is 9.52. The second-order valence-electron chi connectivity index (χ2n) is 13.6. The van der Waals surface area contributed by atoms with Gasteiger partial charge in [0.25, 0.3) is 0 Å². The summed E-state index contributed by atoms with van der Waals surface area (Å²) in [7, 11) is 0. The van der Waals surface area contributed by atoms with E-state index >= 15 is 0 Å². The Kier molecular flexibility index (Phi) is 13.4. The molecular formula is C34H60OS. The first-order valence-electron chi connectivity index (χ1n) is 15.5. The van der Waals surface area contributed by atoms with Gasteiger partial charge >= 0.3 is 0 Å². The molecule has 1 nitrogen and oxygen atoms in total. The van der Waals surface area contributed by atoms with Gasteiger partial charge in [-0.05, 0) is 73.9 Å². The van der Waals surface area contributed by atoms with E-state index < -0.39 is 0 Å². The van der Waals surface area contributed by atoms with Gasteiger partial charge in [0.2, 0.25) is 0 Å². The van der Waals surface area contributed by atoms with Crippen LogP contribution in [-0.2, 0) is 4.79 Å². The molecule has 0 spiro atoms. The number of rotatable bonds is 16. The molecule has 0 aromatic rings. The van der Waals surface area contributed by atoms with Crippen molar-refractivity contribution >= 4 is 17.5 Å². The zero-order chi connectivity index (χ0) is 26.8. The lowest BCUT2D eigenvalue weighted by Gasteiger charge is -2.52. The number of hydrogen-bond acceptors (Lipinski definition) is 2. The van der Waals surface area contributed by atoms with E-state index in [1.165, 1.54) is 76.2 Å². The third kappa shape index (κ3) is 9.06. The van der Waals surface area contributed by atoms with Crippen LogP contribution in [0.1, 0.15) is 139 Å². The smallest absolute Gasteiger partial charge is 0.149 e. The van der Waals surface area contributed by atoms with E-state index in [-0.39, 0.29) is 22.0 Å². The van der Waals surface area contributed by atoms with Gasteiger partial charge in [-0.3, -0.25) is 4.79 Å². The van der Waals surface area contributed by atoms with Crippen LogP contribution >= 0.6 is 11.8 Å². The summed E-state index contributed by atoms with van der Waals surface area (Å²) in [5.74, 6) is 2.98. The Hall–Kier alpha value is -0.500. The van der Waals surface area contributed by atoms with Gasteiger partial charge in [-0.2, -0.15) is 11.8 Å². The highest BCUT2D eigenvalue weighted by Gasteiger charge is 2.51. The molecule has 0 amide bonds. The summed E-state index contributed by atoms with van der Waals surface area (Å²) in [6.07, 6.45) is 24.3. The predicted molar refractivity (Wildman–Crippen MR) is 163 cm³/mol. The first kappa shape index (κ1) is 31.7. The molecule has 0 saturated carbocycles. The van der Waals surface area contributed by atoms with Gasteiger partial charge in [-0.25, -0.2) is 0 Å². The van der Waals surface area contributed by atoms with Crippen LogP contribution < -0.4 is 0 Å². The van der Waals surface area contributed by atoms with Crippen LogP contribution in [0.25, 0.3) is 0 Å².